The molecule has 1 rings (SSSR count). The second kappa shape index (κ2) is 6.32. The van der Waals surface area contributed by atoms with Gasteiger partial charge in [-0.15, -0.1) is 0 Å². The summed E-state index contributed by atoms with van der Waals surface area (Å²) in [5.74, 6) is 1.42. The Hall–Kier alpha value is -0.300. The number of aryl methyl sites for hydroxylation is 1. The van der Waals surface area contributed by atoms with Gasteiger partial charge in [0.05, 0.1) is 0 Å². The van der Waals surface area contributed by atoms with Gasteiger partial charge in [0.1, 0.15) is 0 Å². The molecule has 0 heterocycles. The van der Waals surface area contributed by atoms with E-state index in [9.17, 15) is 0 Å². The van der Waals surface area contributed by atoms with Gasteiger partial charge in [0.25, 0.3) is 0 Å². The fourth-order valence-electron chi connectivity index (χ4n) is 2.04. The average molecular weight is 269 g/mol. The Bertz CT molecular complexity index is 276. The highest BCUT2D eigenvalue weighted by atomic mass is 79.9. The Labute approximate surface area is 102 Å². The van der Waals surface area contributed by atoms with Gasteiger partial charge in [0.15, 0.2) is 0 Å². The summed E-state index contributed by atoms with van der Waals surface area (Å²) in [5, 5.41) is 1.07. The lowest BCUT2D eigenvalue weighted by Crippen LogP contribution is -2.11. The smallest absolute Gasteiger partial charge is 0.0103 e. The van der Waals surface area contributed by atoms with Gasteiger partial charge in [-0.05, 0) is 24.3 Å². The summed E-state index contributed by atoms with van der Waals surface area (Å²) in [5.41, 5.74) is 2.81. The second-order valence-electron chi connectivity index (χ2n) is 4.44. The summed E-state index contributed by atoms with van der Waals surface area (Å²) in [7, 11) is 0. The molecule has 1 heteroatoms. The van der Waals surface area contributed by atoms with Gasteiger partial charge in [-0.25, -0.2) is 0 Å². The first kappa shape index (κ1) is 12.8. The number of halogens is 1. The first-order valence-electron chi connectivity index (χ1n) is 5.81. The zero-order valence-electron chi connectivity index (χ0n) is 9.96. The van der Waals surface area contributed by atoms with Gasteiger partial charge < -0.3 is 0 Å². The summed E-state index contributed by atoms with van der Waals surface area (Å²) in [6, 6.07) is 8.97. The number of hydrogen-bond acceptors (Lipinski definition) is 0. The van der Waals surface area contributed by atoms with Crippen LogP contribution in [-0.2, 0) is 0 Å². The van der Waals surface area contributed by atoms with Crippen LogP contribution in [0.1, 0.15) is 43.7 Å². The predicted molar refractivity (Wildman–Crippen MR) is 71.8 cm³/mol. The largest absolute Gasteiger partial charge is 0.0921 e. The van der Waals surface area contributed by atoms with E-state index in [1.165, 1.54) is 24.0 Å². The summed E-state index contributed by atoms with van der Waals surface area (Å²) in [6.45, 7) is 6.76. The molecule has 0 aliphatic rings. The molecule has 0 N–H and O–H groups in total. The van der Waals surface area contributed by atoms with Crippen LogP contribution in [0.2, 0.25) is 0 Å². The Balaban J connectivity index is 2.77. The first-order valence-corrected chi connectivity index (χ1v) is 6.93. The lowest BCUT2D eigenvalue weighted by atomic mass is 9.86. The van der Waals surface area contributed by atoms with Gasteiger partial charge >= 0.3 is 0 Å². The summed E-state index contributed by atoms with van der Waals surface area (Å²) < 4.78 is 0. The molecule has 0 aromatic heterocycles. The third-order valence-corrected chi connectivity index (χ3v) is 3.80. The molecule has 0 aliphatic carbocycles. The van der Waals surface area contributed by atoms with Crippen LogP contribution in [0.15, 0.2) is 24.3 Å². The molecule has 84 valence electrons. The second-order valence-corrected chi connectivity index (χ2v) is 5.08. The van der Waals surface area contributed by atoms with Crippen LogP contribution in [0.5, 0.6) is 0 Å². The van der Waals surface area contributed by atoms with E-state index in [1.54, 1.807) is 0 Å². The van der Waals surface area contributed by atoms with E-state index in [-0.39, 0.29) is 0 Å². The Morgan fingerprint density at radius 3 is 2.27 bits per heavy atom. The van der Waals surface area contributed by atoms with Gasteiger partial charge in [0.2, 0.25) is 0 Å². The van der Waals surface area contributed by atoms with E-state index < -0.39 is 0 Å². The molecule has 0 radical (unpaired) electrons. The van der Waals surface area contributed by atoms with Crippen molar-refractivity contribution in [3.63, 3.8) is 0 Å². The lowest BCUT2D eigenvalue weighted by molar-refractivity contribution is 0.454. The maximum Gasteiger partial charge on any atom is 0.0103 e. The maximum absolute atomic E-state index is 3.64. The van der Waals surface area contributed by atoms with Crippen molar-refractivity contribution in [1.29, 1.82) is 0 Å². The summed E-state index contributed by atoms with van der Waals surface area (Å²) in [4.78, 5) is 0. The highest BCUT2D eigenvalue weighted by molar-refractivity contribution is 9.09. The monoisotopic (exact) mass is 268 g/mol. The predicted octanol–water partition coefficient (Wildman–Crippen LogP) is 4.91. The molecule has 0 saturated heterocycles. The minimum Gasteiger partial charge on any atom is -0.0921 e. The van der Waals surface area contributed by atoms with E-state index in [1.807, 2.05) is 0 Å². The van der Waals surface area contributed by atoms with Crippen LogP contribution in [-0.4, -0.2) is 5.33 Å². The normalized spacial score (nSPS) is 14.9. The minimum absolute atomic E-state index is 0.658. The van der Waals surface area contributed by atoms with Crippen molar-refractivity contribution < 1.29 is 0 Å². The molecule has 2 unspecified atom stereocenters. The van der Waals surface area contributed by atoms with Gasteiger partial charge in [-0.2, -0.15) is 0 Å². The van der Waals surface area contributed by atoms with Crippen molar-refractivity contribution in [2.75, 3.05) is 5.33 Å². The number of alkyl halides is 1. The van der Waals surface area contributed by atoms with Crippen LogP contribution in [0.3, 0.4) is 0 Å². The molecule has 0 amide bonds. The van der Waals surface area contributed by atoms with Crippen molar-refractivity contribution in [1.82, 2.24) is 0 Å². The molecule has 0 fully saturated rings. The molecule has 0 saturated carbocycles. The zero-order chi connectivity index (χ0) is 11.3. The van der Waals surface area contributed by atoms with Crippen LogP contribution < -0.4 is 0 Å². The standard InChI is InChI=1S/C14H21Br/c1-4-5-12(3)14(10-15)13-8-6-11(2)7-9-13/h6-9,12,14H,4-5,10H2,1-3H3. The first-order chi connectivity index (χ1) is 7.19. The molecule has 15 heavy (non-hydrogen) atoms. The van der Waals surface area contributed by atoms with E-state index in [2.05, 4.69) is 61.0 Å². The van der Waals surface area contributed by atoms with Crippen molar-refractivity contribution in [2.24, 2.45) is 5.92 Å². The van der Waals surface area contributed by atoms with E-state index >= 15 is 0 Å². The molecule has 2 atom stereocenters. The van der Waals surface area contributed by atoms with E-state index in [0.717, 1.165) is 11.2 Å². The van der Waals surface area contributed by atoms with E-state index in [4.69, 9.17) is 0 Å². The van der Waals surface area contributed by atoms with Crippen LogP contribution in [0.4, 0.5) is 0 Å². The third-order valence-electron chi connectivity index (χ3n) is 3.10. The van der Waals surface area contributed by atoms with E-state index in [0.29, 0.717) is 5.92 Å². The zero-order valence-corrected chi connectivity index (χ0v) is 11.5. The van der Waals surface area contributed by atoms with Crippen molar-refractivity contribution >= 4 is 15.9 Å². The molecule has 0 nitrogen and oxygen atoms in total. The number of hydrogen-bond donors (Lipinski definition) is 0. The topological polar surface area (TPSA) is 0 Å². The average Bonchev–Trinajstić information content (AvgIpc) is 2.22. The van der Waals surface area contributed by atoms with Crippen molar-refractivity contribution in [3.05, 3.63) is 35.4 Å². The Kier molecular flexibility index (Phi) is 5.38. The fraction of sp³-hybridized carbons (Fsp3) is 0.571. The quantitative estimate of drug-likeness (QED) is 0.666. The van der Waals surface area contributed by atoms with Gasteiger partial charge in [-0.1, -0.05) is 72.4 Å². The summed E-state index contributed by atoms with van der Waals surface area (Å²) >= 11 is 3.64. The minimum atomic E-state index is 0.658. The lowest BCUT2D eigenvalue weighted by Gasteiger charge is -2.22. The molecular formula is C14H21Br. The molecule has 0 bridgehead atoms. The molecule has 0 aliphatic heterocycles. The van der Waals surface area contributed by atoms with Gasteiger partial charge in [0, 0.05) is 5.33 Å². The SMILES string of the molecule is CCCC(C)C(CBr)c1ccc(C)cc1. The Morgan fingerprint density at radius 2 is 1.80 bits per heavy atom. The fourth-order valence-corrected chi connectivity index (χ4v) is 3.05. The van der Waals surface area contributed by atoms with Crippen molar-refractivity contribution in [3.8, 4) is 0 Å². The third kappa shape index (κ3) is 3.64. The van der Waals surface area contributed by atoms with Crippen molar-refractivity contribution in [2.45, 2.75) is 39.5 Å². The highest BCUT2D eigenvalue weighted by Crippen LogP contribution is 2.29. The molecule has 1 aromatic carbocycles. The molecule has 0 spiro atoms. The maximum atomic E-state index is 3.64. The van der Waals surface area contributed by atoms with Gasteiger partial charge in [-0.3, -0.25) is 0 Å². The van der Waals surface area contributed by atoms with Crippen LogP contribution >= 0.6 is 15.9 Å². The Morgan fingerprint density at radius 1 is 1.20 bits per heavy atom. The highest BCUT2D eigenvalue weighted by Gasteiger charge is 2.16. The van der Waals surface area contributed by atoms with Crippen LogP contribution in [0, 0.1) is 12.8 Å². The van der Waals surface area contributed by atoms with Crippen LogP contribution in [0.25, 0.3) is 0 Å². The number of rotatable bonds is 5. The molecular weight excluding hydrogens is 248 g/mol. The molecule has 1 aromatic rings. The number of benzene rings is 1. The summed E-state index contributed by atoms with van der Waals surface area (Å²) in [6.07, 6.45) is 2.58.